The Labute approximate surface area is 113 Å². The molecule has 1 saturated carbocycles. The number of hydrogen-bond acceptors (Lipinski definition) is 2. The van der Waals surface area contributed by atoms with E-state index >= 15 is 0 Å². The topological polar surface area (TPSA) is 15.3 Å². The fourth-order valence-corrected chi connectivity index (χ4v) is 3.75. The highest BCUT2D eigenvalue weighted by molar-refractivity contribution is 5.04. The minimum Gasteiger partial charge on any atom is -0.308 e. The van der Waals surface area contributed by atoms with Crippen molar-refractivity contribution in [1.82, 2.24) is 10.2 Å². The molecule has 1 unspecified atom stereocenters. The van der Waals surface area contributed by atoms with E-state index in [0.29, 0.717) is 11.6 Å². The third-order valence-corrected chi connectivity index (χ3v) is 4.71. The summed E-state index contributed by atoms with van der Waals surface area (Å²) in [7, 11) is 0. The second-order valence-corrected chi connectivity index (χ2v) is 6.90. The summed E-state index contributed by atoms with van der Waals surface area (Å²) in [6.07, 6.45) is 6.97. The molecule has 0 bridgehead atoms. The molecule has 2 rings (SSSR count). The summed E-state index contributed by atoms with van der Waals surface area (Å²) in [6, 6.07) is 0.675. The molecule has 1 aliphatic carbocycles. The summed E-state index contributed by atoms with van der Waals surface area (Å²) in [5, 5.41) is 3.90. The van der Waals surface area contributed by atoms with Gasteiger partial charge in [0.2, 0.25) is 0 Å². The number of nitrogens with one attached hydrogen (secondary N) is 1. The third kappa shape index (κ3) is 3.16. The second kappa shape index (κ2) is 5.75. The van der Waals surface area contributed by atoms with Crippen LogP contribution in [0.5, 0.6) is 0 Å². The summed E-state index contributed by atoms with van der Waals surface area (Å²) in [5.74, 6) is 0.720. The van der Waals surface area contributed by atoms with Crippen LogP contribution in [0, 0.1) is 5.92 Å². The van der Waals surface area contributed by atoms with Crippen molar-refractivity contribution in [2.75, 3.05) is 19.6 Å². The standard InChI is InChI=1S/C16H30N2/c1-13(2)11-18-12-16(8-6-5-7-9-16)17-10-15(18)14(3)4/h14-15,17H,1,5-12H2,2-4H3. The lowest BCUT2D eigenvalue weighted by Gasteiger charge is -2.51. The van der Waals surface area contributed by atoms with E-state index in [-0.39, 0.29) is 0 Å². The zero-order chi connectivity index (χ0) is 13.2. The van der Waals surface area contributed by atoms with Crippen LogP contribution in [0.2, 0.25) is 0 Å². The Hall–Kier alpha value is -0.340. The van der Waals surface area contributed by atoms with Gasteiger partial charge in [0.25, 0.3) is 0 Å². The van der Waals surface area contributed by atoms with Crippen molar-refractivity contribution < 1.29 is 0 Å². The quantitative estimate of drug-likeness (QED) is 0.774. The summed E-state index contributed by atoms with van der Waals surface area (Å²) in [6.45, 7) is 14.4. The molecule has 0 radical (unpaired) electrons. The third-order valence-electron chi connectivity index (χ3n) is 4.71. The molecule has 18 heavy (non-hydrogen) atoms. The van der Waals surface area contributed by atoms with Crippen LogP contribution in [-0.2, 0) is 0 Å². The Balaban J connectivity index is 2.06. The molecule has 2 nitrogen and oxygen atoms in total. The minimum atomic E-state index is 0.416. The van der Waals surface area contributed by atoms with Crippen LogP contribution >= 0.6 is 0 Å². The second-order valence-electron chi connectivity index (χ2n) is 6.90. The Morgan fingerprint density at radius 1 is 1.33 bits per heavy atom. The summed E-state index contributed by atoms with van der Waals surface area (Å²) in [4.78, 5) is 2.69. The zero-order valence-corrected chi connectivity index (χ0v) is 12.5. The van der Waals surface area contributed by atoms with E-state index in [0.717, 1.165) is 19.0 Å². The molecule has 1 N–H and O–H groups in total. The SMILES string of the molecule is C=C(C)CN1CC2(CCCCC2)NCC1C(C)C. The van der Waals surface area contributed by atoms with Gasteiger partial charge in [-0.25, -0.2) is 0 Å². The first-order chi connectivity index (χ1) is 8.52. The first kappa shape index (κ1) is 14.1. The summed E-state index contributed by atoms with van der Waals surface area (Å²) >= 11 is 0. The Morgan fingerprint density at radius 2 is 2.00 bits per heavy atom. The van der Waals surface area contributed by atoms with E-state index in [1.54, 1.807) is 0 Å². The molecule has 0 amide bonds. The smallest absolute Gasteiger partial charge is 0.0309 e. The van der Waals surface area contributed by atoms with E-state index in [9.17, 15) is 0 Å². The molecule has 2 aliphatic rings. The molecule has 1 atom stereocenters. The maximum Gasteiger partial charge on any atom is 0.0309 e. The van der Waals surface area contributed by atoms with Crippen LogP contribution in [0.3, 0.4) is 0 Å². The molecular weight excluding hydrogens is 220 g/mol. The van der Waals surface area contributed by atoms with E-state index in [2.05, 4.69) is 37.6 Å². The van der Waals surface area contributed by atoms with Gasteiger partial charge in [-0.2, -0.15) is 0 Å². The molecule has 1 spiro atoms. The van der Waals surface area contributed by atoms with Gasteiger partial charge in [0.15, 0.2) is 0 Å². The monoisotopic (exact) mass is 250 g/mol. The van der Waals surface area contributed by atoms with Crippen molar-refractivity contribution in [3.63, 3.8) is 0 Å². The van der Waals surface area contributed by atoms with Crippen LogP contribution < -0.4 is 5.32 Å². The predicted molar refractivity (Wildman–Crippen MR) is 78.8 cm³/mol. The van der Waals surface area contributed by atoms with Crippen LogP contribution in [0.1, 0.15) is 52.9 Å². The van der Waals surface area contributed by atoms with Crippen molar-refractivity contribution >= 4 is 0 Å². The van der Waals surface area contributed by atoms with Gasteiger partial charge in [-0.05, 0) is 25.7 Å². The molecule has 0 aromatic carbocycles. The lowest BCUT2D eigenvalue weighted by molar-refractivity contribution is 0.0434. The van der Waals surface area contributed by atoms with E-state index < -0.39 is 0 Å². The largest absolute Gasteiger partial charge is 0.308 e. The molecule has 1 aliphatic heterocycles. The highest BCUT2D eigenvalue weighted by atomic mass is 15.3. The Morgan fingerprint density at radius 3 is 2.56 bits per heavy atom. The predicted octanol–water partition coefficient (Wildman–Crippen LogP) is 3.20. The summed E-state index contributed by atoms with van der Waals surface area (Å²) < 4.78 is 0. The Bertz CT molecular complexity index is 289. The zero-order valence-electron chi connectivity index (χ0n) is 12.5. The van der Waals surface area contributed by atoms with Crippen molar-refractivity contribution in [1.29, 1.82) is 0 Å². The van der Waals surface area contributed by atoms with Gasteiger partial charge in [0.05, 0.1) is 0 Å². The van der Waals surface area contributed by atoms with Crippen LogP contribution in [0.25, 0.3) is 0 Å². The maximum absolute atomic E-state index is 4.11. The van der Waals surface area contributed by atoms with Crippen molar-refractivity contribution in [2.45, 2.75) is 64.5 Å². The maximum atomic E-state index is 4.11. The first-order valence-electron chi connectivity index (χ1n) is 7.66. The van der Waals surface area contributed by atoms with Crippen LogP contribution in [0.4, 0.5) is 0 Å². The molecule has 0 aromatic rings. The molecule has 1 heterocycles. The average Bonchev–Trinajstić information content (AvgIpc) is 2.28. The van der Waals surface area contributed by atoms with Crippen molar-refractivity contribution in [3.8, 4) is 0 Å². The van der Waals surface area contributed by atoms with Gasteiger partial charge in [0, 0.05) is 31.2 Å². The highest BCUT2D eigenvalue weighted by Crippen LogP contribution is 2.33. The summed E-state index contributed by atoms with van der Waals surface area (Å²) in [5.41, 5.74) is 1.72. The van der Waals surface area contributed by atoms with Gasteiger partial charge < -0.3 is 5.32 Å². The van der Waals surface area contributed by atoms with E-state index in [1.165, 1.54) is 44.2 Å². The van der Waals surface area contributed by atoms with Gasteiger partial charge >= 0.3 is 0 Å². The fraction of sp³-hybridized carbons (Fsp3) is 0.875. The van der Waals surface area contributed by atoms with Crippen molar-refractivity contribution in [3.05, 3.63) is 12.2 Å². The fourth-order valence-electron chi connectivity index (χ4n) is 3.75. The van der Waals surface area contributed by atoms with E-state index in [4.69, 9.17) is 0 Å². The highest BCUT2D eigenvalue weighted by Gasteiger charge is 2.40. The number of rotatable bonds is 3. The molecule has 0 aromatic heterocycles. The first-order valence-corrected chi connectivity index (χ1v) is 7.66. The number of nitrogens with zero attached hydrogens (tertiary/aromatic N) is 1. The lowest BCUT2D eigenvalue weighted by atomic mass is 9.78. The van der Waals surface area contributed by atoms with Gasteiger partial charge in [-0.3, -0.25) is 4.90 Å². The molecule has 104 valence electrons. The van der Waals surface area contributed by atoms with Crippen molar-refractivity contribution in [2.24, 2.45) is 5.92 Å². The Kier molecular flexibility index (Phi) is 4.50. The molecular formula is C16H30N2. The molecule has 2 heteroatoms. The van der Waals surface area contributed by atoms with Crippen LogP contribution in [-0.4, -0.2) is 36.1 Å². The number of hydrogen-bond donors (Lipinski definition) is 1. The van der Waals surface area contributed by atoms with E-state index in [1.807, 2.05) is 0 Å². The lowest BCUT2D eigenvalue weighted by Crippen LogP contribution is -2.66. The van der Waals surface area contributed by atoms with Gasteiger partial charge in [0.1, 0.15) is 0 Å². The average molecular weight is 250 g/mol. The van der Waals surface area contributed by atoms with Crippen LogP contribution in [0.15, 0.2) is 12.2 Å². The van der Waals surface area contributed by atoms with Gasteiger partial charge in [-0.15, -0.1) is 0 Å². The molecule has 2 fully saturated rings. The molecule has 1 saturated heterocycles. The minimum absolute atomic E-state index is 0.416. The van der Waals surface area contributed by atoms with Gasteiger partial charge in [-0.1, -0.05) is 45.3 Å². The number of piperazine rings is 1. The normalized spacial score (nSPS) is 28.8.